The zero-order valence-electron chi connectivity index (χ0n) is 17.5. The van der Waals surface area contributed by atoms with E-state index in [1.165, 1.54) is 0 Å². The number of benzene rings is 3. The number of ketones is 1. The highest BCUT2D eigenvalue weighted by Gasteiger charge is 2.33. The lowest BCUT2D eigenvalue weighted by Crippen LogP contribution is -2.34. The predicted molar refractivity (Wildman–Crippen MR) is 129 cm³/mol. The van der Waals surface area contributed by atoms with Crippen LogP contribution in [-0.2, 0) is 13.0 Å². The summed E-state index contributed by atoms with van der Waals surface area (Å²) in [6, 6.07) is 17.6. The van der Waals surface area contributed by atoms with Gasteiger partial charge in [-0.2, -0.15) is 0 Å². The maximum Gasteiger partial charge on any atom is 0.231 e. The lowest BCUT2D eigenvalue weighted by atomic mass is 10.00. The van der Waals surface area contributed by atoms with Crippen LogP contribution in [0.25, 0.3) is 6.08 Å². The molecule has 3 aromatic carbocycles. The molecule has 0 unspecified atom stereocenters. The summed E-state index contributed by atoms with van der Waals surface area (Å²) >= 11 is 9.82. The minimum atomic E-state index is -0.102. The van der Waals surface area contributed by atoms with Gasteiger partial charge in [0.15, 0.2) is 5.76 Å². The molecule has 0 saturated carbocycles. The molecule has 2 heterocycles. The number of allylic oxidation sites excluding steroid dienone is 1. The van der Waals surface area contributed by atoms with E-state index in [4.69, 9.17) is 21.1 Å². The lowest BCUT2D eigenvalue weighted by Gasteiger charge is -2.30. The highest BCUT2D eigenvalue weighted by molar-refractivity contribution is 9.10. The fourth-order valence-corrected chi connectivity index (χ4v) is 4.78. The largest absolute Gasteiger partial charge is 0.477 e. The van der Waals surface area contributed by atoms with Crippen LogP contribution < -0.4 is 9.47 Å². The summed E-state index contributed by atoms with van der Waals surface area (Å²) in [5.74, 6) is 1.63. The van der Waals surface area contributed by atoms with Crippen molar-refractivity contribution in [3.05, 3.63) is 97.7 Å². The first-order valence-electron chi connectivity index (χ1n) is 10.4. The number of Topliss-reactive ketones (excluding diaryl/α,β-unsaturated/α-hetero) is 1. The molecule has 0 saturated heterocycles. The van der Waals surface area contributed by atoms with Crippen LogP contribution in [0, 0.1) is 6.92 Å². The van der Waals surface area contributed by atoms with Crippen molar-refractivity contribution in [1.82, 2.24) is 4.90 Å². The molecule has 2 aliphatic rings. The number of carbonyl (C=O) groups is 1. The van der Waals surface area contributed by atoms with Crippen LogP contribution in [0.3, 0.4) is 0 Å². The summed E-state index contributed by atoms with van der Waals surface area (Å²) < 4.78 is 13.0. The zero-order valence-corrected chi connectivity index (χ0v) is 19.9. The minimum Gasteiger partial charge on any atom is -0.477 e. The number of nitrogens with zero attached hydrogens (tertiary/aromatic N) is 1. The van der Waals surface area contributed by atoms with Gasteiger partial charge in [0.1, 0.15) is 18.2 Å². The van der Waals surface area contributed by atoms with Gasteiger partial charge in [-0.25, -0.2) is 0 Å². The molecule has 6 heteroatoms. The van der Waals surface area contributed by atoms with Gasteiger partial charge in [-0.1, -0.05) is 63.9 Å². The van der Waals surface area contributed by atoms with Crippen molar-refractivity contribution in [1.29, 1.82) is 0 Å². The number of hydrogen-bond donors (Lipinski definition) is 0. The molecule has 4 nitrogen and oxygen atoms in total. The molecule has 0 atom stereocenters. The molecule has 0 aliphatic carbocycles. The molecule has 5 rings (SSSR count). The third-order valence-corrected chi connectivity index (χ3v) is 6.94. The Kier molecular flexibility index (Phi) is 5.80. The van der Waals surface area contributed by atoms with Crippen LogP contribution in [-0.4, -0.2) is 24.0 Å². The van der Waals surface area contributed by atoms with Crippen molar-refractivity contribution in [2.75, 3.05) is 13.3 Å². The average Bonchev–Trinajstić information content (AvgIpc) is 3.10. The second-order valence-electron chi connectivity index (χ2n) is 8.00. The number of carbonyl (C=O) groups excluding carboxylic acids is 1. The molecular weight excluding hydrogens is 490 g/mol. The molecule has 0 amide bonds. The monoisotopic (exact) mass is 509 g/mol. The van der Waals surface area contributed by atoms with E-state index in [1.54, 1.807) is 6.08 Å². The quantitative estimate of drug-likeness (QED) is 0.380. The molecular formula is C26H21BrClNO3. The van der Waals surface area contributed by atoms with E-state index in [0.29, 0.717) is 30.3 Å². The summed E-state index contributed by atoms with van der Waals surface area (Å²) in [5.41, 5.74) is 4.48. The van der Waals surface area contributed by atoms with Crippen LogP contribution in [0.2, 0.25) is 5.02 Å². The first kappa shape index (κ1) is 21.3. The van der Waals surface area contributed by atoms with E-state index in [-0.39, 0.29) is 5.78 Å². The average molecular weight is 511 g/mol. The fraction of sp³-hybridized carbons (Fsp3) is 0.192. The molecule has 0 radical (unpaired) electrons. The Morgan fingerprint density at radius 3 is 2.72 bits per heavy atom. The van der Waals surface area contributed by atoms with E-state index < -0.39 is 0 Å². The van der Waals surface area contributed by atoms with Crippen LogP contribution in [0.15, 0.2) is 64.8 Å². The van der Waals surface area contributed by atoms with Crippen molar-refractivity contribution in [2.45, 2.75) is 19.9 Å². The van der Waals surface area contributed by atoms with Crippen LogP contribution in [0.4, 0.5) is 0 Å². The summed E-state index contributed by atoms with van der Waals surface area (Å²) in [5, 5.41) is 0.784. The molecule has 0 aromatic heterocycles. The Morgan fingerprint density at radius 1 is 1.12 bits per heavy atom. The van der Waals surface area contributed by atoms with Gasteiger partial charge in [0.25, 0.3) is 0 Å². The Hall–Kier alpha value is -2.60. The van der Waals surface area contributed by atoms with Gasteiger partial charge in [0, 0.05) is 33.7 Å². The second-order valence-corrected chi connectivity index (χ2v) is 9.26. The maximum atomic E-state index is 13.1. The van der Waals surface area contributed by atoms with E-state index >= 15 is 0 Å². The predicted octanol–water partition coefficient (Wildman–Crippen LogP) is 6.42. The molecule has 162 valence electrons. The second kappa shape index (κ2) is 8.74. The zero-order chi connectivity index (χ0) is 22.2. The Balaban J connectivity index is 1.38. The molecule has 0 fully saturated rings. The smallest absolute Gasteiger partial charge is 0.231 e. The van der Waals surface area contributed by atoms with Crippen LogP contribution >= 0.6 is 27.5 Å². The normalized spacial score (nSPS) is 16.5. The topological polar surface area (TPSA) is 38.8 Å². The number of ether oxygens (including phenoxy) is 2. The Morgan fingerprint density at radius 2 is 1.91 bits per heavy atom. The van der Waals surface area contributed by atoms with Gasteiger partial charge in [0.05, 0.1) is 5.56 Å². The van der Waals surface area contributed by atoms with Gasteiger partial charge < -0.3 is 9.47 Å². The van der Waals surface area contributed by atoms with E-state index in [1.807, 2.05) is 61.5 Å². The Bertz CT molecular complexity index is 1250. The maximum absolute atomic E-state index is 13.1. The summed E-state index contributed by atoms with van der Waals surface area (Å²) in [6.07, 6.45) is 2.62. The molecule has 3 aromatic rings. The molecule has 0 N–H and O–H groups in total. The highest BCUT2D eigenvalue weighted by Crippen LogP contribution is 2.43. The van der Waals surface area contributed by atoms with Gasteiger partial charge in [-0.3, -0.25) is 9.69 Å². The molecule has 2 aliphatic heterocycles. The third kappa shape index (κ3) is 3.96. The SMILES string of the molecule is Cc1c2c(cc3c1O/C(=C\c1ccccc1Br)C3=O)CN(CCc1ccccc1Cl)CO2. The van der Waals surface area contributed by atoms with Gasteiger partial charge in [0.2, 0.25) is 5.78 Å². The summed E-state index contributed by atoms with van der Waals surface area (Å²) in [7, 11) is 0. The number of fused-ring (bicyclic) bond motifs is 2. The number of hydrogen-bond acceptors (Lipinski definition) is 4. The van der Waals surface area contributed by atoms with Gasteiger partial charge in [-0.15, -0.1) is 0 Å². The Labute approximate surface area is 200 Å². The summed E-state index contributed by atoms with van der Waals surface area (Å²) in [6.45, 7) is 3.97. The third-order valence-electron chi connectivity index (χ3n) is 5.85. The number of rotatable bonds is 4. The van der Waals surface area contributed by atoms with E-state index in [9.17, 15) is 4.79 Å². The van der Waals surface area contributed by atoms with Gasteiger partial charge in [-0.05, 0) is 48.7 Å². The van der Waals surface area contributed by atoms with E-state index in [0.717, 1.165) is 50.5 Å². The van der Waals surface area contributed by atoms with E-state index in [2.05, 4.69) is 20.8 Å². The van der Waals surface area contributed by atoms with Crippen LogP contribution in [0.5, 0.6) is 11.5 Å². The van der Waals surface area contributed by atoms with Gasteiger partial charge >= 0.3 is 0 Å². The van der Waals surface area contributed by atoms with Crippen molar-refractivity contribution in [2.24, 2.45) is 0 Å². The fourth-order valence-electron chi connectivity index (χ4n) is 4.15. The highest BCUT2D eigenvalue weighted by atomic mass is 79.9. The standard InChI is InChI=1S/C26H21BrClNO3/c1-16-25-19(14-29(15-31-25)11-10-17-6-3-5-9-22(17)28)12-20-24(30)23(32-26(16)20)13-18-7-2-4-8-21(18)27/h2-9,12-13H,10-11,14-15H2,1H3/b23-13-. The first-order valence-corrected chi connectivity index (χ1v) is 11.6. The molecule has 32 heavy (non-hydrogen) atoms. The van der Waals surface area contributed by atoms with Crippen LogP contribution in [0.1, 0.15) is 32.6 Å². The first-order chi connectivity index (χ1) is 15.5. The molecule has 0 spiro atoms. The van der Waals surface area contributed by atoms with Crippen molar-refractivity contribution in [3.63, 3.8) is 0 Å². The summed E-state index contributed by atoms with van der Waals surface area (Å²) in [4.78, 5) is 15.3. The van der Waals surface area contributed by atoms with Crippen molar-refractivity contribution >= 4 is 39.4 Å². The van der Waals surface area contributed by atoms with Crippen molar-refractivity contribution < 1.29 is 14.3 Å². The lowest BCUT2D eigenvalue weighted by molar-refractivity contribution is 0.0954. The number of halogens is 2. The van der Waals surface area contributed by atoms with Crippen molar-refractivity contribution in [3.8, 4) is 11.5 Å². The minimum absolute atomic E-state index is 0.102. The molecule has 0 bridgehead atoms.